The Kier molecular flexibility index (Phi) is 5.88. The van der Waals surface area contributed by atoms with E-state index in [0.29, 0.717) is 0 Å². The molecule has 0 aliphatic heterocycles. The van der Waals surface area contributed by atoms with Crippen molar-refractivity contribution in [2.45, 2.75) is 57.8 Å². The molecule has 8 atom stereocenters. The normalized spacial score (nSPS) is 32.0. The van der Waals surface area contributed by atoms with Gasteiger partial charge in [0.25, 0.3) is 0 Å². The Balaban J connectivity index is 1.14. The molecule has 0 N–H and O–H groups in total. The van der Waals surface area contributed by atoms with Crippen molar-refractivity contribution in [2.24, 2.45) is 47.3 Å². The van der Waals surface area contributed by atoms with E-state index in [0.717, 1.165) is 70.3 Å². The van der Waals surface area contributed by atoms with E-state index in [2.05, 4.69) is 74.5 Å². The molecular formula is C41H42O2. The lowest BCUT2D eigenvalue weighted by Crippen LogP contribution is -2.33. The van der Waals surface area contributed by atoms with Crippen LogP contribution in [0.1, 0.15) is 63.5 Å². The largest absolute Gasteiger partial charge is 0.457 e. The van der Waals surface area contributed by atoms with Crippen molar-refractivity contribution in [3.8, 4) is 34.1 Å². The summed E-state index contributed by atoms with van der Waals surface area (Å²) < 4.78 is 12.9. The third-order valence-electron chi connectivity index (χ3n) is 12.8. The van der Waals surface area contributed by atoms with Gasteiger partial charge in [0.2, 0.25) is 0 Å². The summed E-state index contributed by atoms with van der Waals surface area (Å²) in [5.74, 6) is 11.0. The van der Waals surface area contributed by atoms with Gasteiger partial charge in [-0.3, -0.25) is 0 Å². The van der Waals surface area contributed by atoms with Gasteiger partial charge in [0.15, 0.2) is 0 Å². The minimum absolute atomic E-state index is 0.0328. The van der Waals surface area contributed by atoms with E-state index >= 15 is 0 Å². The summed E-state index contributed by atoms with van der Waals surface area (Å²) in [5.41, 5.74) is 5.81. The monoisotopic (exact) mass is 566 g/mol. The number of fused-ring (bicyclic) bond motifs is 13. The van der Waals surface area contributed by atoms with Gasteiger partial charge in [0.05, 0.1) is 0 Å². The van der Waals surface area contributed by atoms with Crippen molar-refractivity contribution >= 4 is 0 Å². The lowest BCUT2D eigenvalue weighted by Gasteiger charge is -2.38. The highest BCUT2D eigenvalue weighted by atomic mass is 16.5. The number of hydrogen-bond donors (Lipinski definition) is 0. The molecule has 0 radical (unpaired) electrons. The standard InChI is InChI=1S/C41H42O2/c1-3-25-19-26(4-2)40-34-22-33(39(25)40)35-23-41(24-36(34)35)37-20-29(42-27-11-7-5-8-12-27)15-17-31(37)32-18-16-30(21-38(32)41)43-28-13-9-6-10-14-28/h5-18,20-21,25-26,33-36,39-40H,3-4,19,22-24H2,1-2H3. The summed E-state index contributed by atoms with van der Waals surface area (Å²) in [4.78, 5) is 0. The second-order valence-corrected chi connectivity index (χ2v) is 14.4. The van der Waals surface area contributed by atoms with Gasteiger partial charge in [-0.15, -0.1) is 0 Å². The van der Waals surface area contributed by atoms with Crippen molar-refractivity contribution < 1.29 is 9.47 Å². The molecule has 218 valence electrons. The molecule has 4 aromatic rings. The smallest absolute Gasteiger partial charge is 0.127 e. The molecule has 8 unspecified atom stereocenters. The van der Waals surface area contributed by atoms with Gasteiger partial charge in [-0.25, -0.2) is 0 Å². The molecular weight excluding hydrogens is 524 g/mol. The molecule has 0 saturated heterocycles. The molecule has 4 saturated carbocycles. The van der Waals surface area contributed by atoms with Crippen LogP contribution in [0.3, 0.4) is 0 Å². The van der Waals surface area contributed by atoms with Gasteiger partial charge in [0.1, 0.15) is 23.0 Å². The zero-order valence-corrected chi connectivity index (χ0v) is 25.4. The van der Waals surface area contributed by atoms with E-state index in [4.69, 9.17) is 9.47 Å². The zero-order chi connectivity index (χ0) is 28.7. The predicted octanol–water partition coefficient (Wildman–Crippen LogP) is 10.9. The van der Waals surface area contributed by atoms with Crippen LogP contribution in [0.2, 0.25) is 0 Å². The maximum absolute atomic E-state index is 6.45. The third kappa shape index (κ3) is 3.77. The zero-order valence-electron chi connectivity index (χ0n) is 25.4. The molecule has 0 aromatic heterocycles. The molecule has 43 heavy (non-hydrogen) atoms. The van der Waals surface area contributed by atoms with Crippen LogP contribution in [-0.4, -0.2) is 0 Å². The van der Waals surface area contributed by atoms with Crippen LogP contribution >= 0.6 is 0 Å². The minimum Gasteiger partial charge on any atom is -0.457 e. The van der Waals surface area contributed by atoms with Crippen LogP contribution in [0.4, 0.5) is 0 Å². The van der Waals surface area contributed by atoms with Crippen LogP contribution < -0.4 is 9.47 Å². The molecule has 4 aromatic carbocycles. The van der Waals surface area contributed by atoms with Gasteiger partial charge in [0, 0.05) is 5.41 Å². The molecule has 2 nitrogen and oxygen atoms in total. The van der Waals surface area contributed by atoms with Crippen LogP contribution in [0.15, 0.2) is 97.1 Å². The van der Waals surface area contributed by atoms with Crippen LogP contribution in [0, 0.1) is 47.3 Å². The molecule has 9 rings (SSSR count). The van der Waals surface area contributed by atoms with Gasteiger partial charge in [-0.2, -0.15) is 0 Å². The molecule has 0 heterocycles. The first-order valence-electron chi connectivity index (χ1n) is 16.9. The summed E-state index contributed by atoms with van der Waals surface area (Å²) in [6, 6.07) is 34.3. The van der Waals surface area contributed by atoms with Crippen molar-refractivity contribution in [3.05, 3.63) is 108 Å². The van der Waals surface area contributed by atoms with Gasteiger partial charge < -0.3 is 9.47 Å². The lowest BCUT2D eigenvalue weighted by molar-refractivity contribution is 0.0950. The Morgan fingerprint density at radius 1 is 0.535 bits per heavy atom. The lowest BCUT2D eigenvalue weighted by atomic mass is 9.67. The Labute approximate surface area is 256 Å². The Morgan fingerprint density at radius 2 is 1.00 bits per heavy atom. The van der Waals surface area contributed by atoms with E-state index in [1.807, 2.05) is 36.4 Å². The topological polar surface area (TPSA) is 18.5 Å². The average molecular weight is 567 g/mol. The van der Waals surface area contributed by atoms with Crippen molar-refractivity contribution in [1.29, 1.82) is 0 Å². The molecule has 1 spiro atoms. The molecule has 5 aliphatic rings. The SMILES string of the molecule is CCC1CC(CC)C2C3CC(C4CC5(CC43)c3cc(Oc4ccccc4)ccc3-c3ccc(Oc4ccccc4)cc35)C12. The fraction of sp³-hybridized carbons (Fsp3) is 0.415. The minimum atomic E-state index is 0.0328. The maximum Gasteiger partial charge on any atom is 0.127 e. The first-order chi connectivity index (χ1) is 21.2. The van der Waals surface area contributed by atoms with Crippen LogP contribution in [-0.2, 0) is 5.41 Å². The van der Waals surface area contributed by atoms with Crippen molar-refractivity contribution in [3.63, 3.8) is 0 Å². The molecule has 4 fully saturated rings. The van der Waals surface area contributed by atoms with E-state index in [1.54, 1.807) is 0 Å². The van der Waals surface area contributed by atoms with Crippen molar-refractivity contribution in [1.82, 2.24) is 0 Å². The fourth-order valence-corrected chi connectivity index (χ4v) is 11.4. The number of para-hydroxylation sites is 2. The molecule has 5 aliphatic carbocycles. The second kappa shape index (κ2) is 9.74. The summed E-state index contributed by atoms with van der Waals surface area (Å²) in [6.45, 7) is 4.93. The first kappa shape index (κ1) is 25.9. The van der Waals surface area contributed by atoms with Crippen LogP contribution in [0.5, 0.6) is 23.0 Å². The summed E-state index contributed by atoms with van der Waals surface area (Å²) in [5, 5.41) is 0. The Bertz CT molecular complexity index is 1540. The van der Waals surface area contributed by atoms with Gasteiger partial charge >= 0.3 is 0 Å². The highest BCUT2D eigenvalue weighted by Gasteiger charge is 2.68. The van der Waals surface area contributed by atoms with Gasteiger partial charge in [-0.1, -0.05) is 75.2 Å². The summed E-state index contributed by atoms with van der Waals surface area (Å²) >= 11 is 0. The summed E-state index contributed by atoms with van der Waals surface area (Å²) in [7, 11) is 0. The molecule has 2 heteroatoms. The van der Waals surface area contributed by atoms with E-state index in [-0.39, 0.29) is 5.41 Å². The second-order valence-electron chi connectivity index (χ2n) is 14.4. The number of ether oxygens (including phenoxy) is 2. The van der Waals surface area contributed by atoms with Crippen LogP contribution in [0.25, 0.3) is 11.1 Å². The Morgan fingerprint density at radius 3 is 1.44 bits per heavy atom. The quantitative estimate of drug-likeness (QED) is 0.231. The number of hydrogen-bond acceptors (Lipinski definition) is 2. The van der Waals surface area contributed by atoms with E-state index in [9.17, 15) is 0 Å². The van der Waals surface area contributed by atoms with Crippen molar-refractivity contribution in [2.75, 3.05) is 0 Å². The highest BCUT2D eigenvalue weighted by Crippen LogP contribution is 2.75. The predicted molar refractivity (Wildman–Crippen MR) is 173 cm³/mol. The molecule has 2 bridgehead atoms. The third-order valence-corrected chi connectivity index (χ3v) is 12.8. The number of benzene rings is 4. The van der Waals surface area contributed by atoms with E-state index < -0.39 is 0 Å². The number of rotatable bonds is 6. The summed E-state index contributed by atoms with van der Waals surface area (Å²) in [6.07, 6.45) is 8.29. The first-order valence-corrected chi connectivity index (χ1v) is 16.9. The fourth-order valence-electron chi connectivity index (χ4n) is 11.4. The Hall–Kier alpha value is -3.52. The van der Waals surface area contributed by atoms with Gasteiger partial charge in [-0.05, 0) is 144 Å². The van der Waals surface area contributed by atoms with E-state index in [1.165, 1.54) is 60.8 Å². The maximum atomic E-state index is 6.45. The molecule has 0 amide bonds. The highest BCUT2D eigenvalue weighted by molar-refractivity contribution is 5.83. The average Bonchev–Trinajstić information content (AvgIpc) is 3.83.